The van der Waals surface area contributed by atoms with E-state index in [1.165, 1.54) is 18.3 Å². The van der Waals surface area contributed by atoms with Crippen LogP contribution in [0.15, 0.2) is 18.3 Å². The maximum atomic E-state index is 11.5. The average molecular weight is 279 g/mol. The second kappa shape index (κ2) is 5.83. The lowest BCUT2D eigenvalue weighted by atomic mass is 10.3. The van der Waals surface area contributed by atoms with Crippen molar-refractivity contribution >= 4 is 33.3 Å². The Labute approximate surface area is 104 Å². The van der Waals surface area contributed by atoms with Crippen LogP contribution in [-0.2, 0) is 14.8 Å². The van der Waals surface area contributed by atoms with Crippen molar-refractivity contribution in [2.75, 3.05) is 10.5 Å². The van der Waals surface area contributed by atoms with Crippen LogP contribution in [0.4, 0.5) is 5.69 Å². The van der Waals surface area contributed by atoms with Gasteiger partial charge in [-0.1, -0.05) is 11.6 Å². The molecule has 0 unspecified atom stereocenters. The summed E-state index contributed by atoms with van der Waals surface area (Å²) >= 11 is 5.60. The van der Waals surface area contributed by atoms with Crippen molar-refractivity contribution in [2.45, 2.75) is 12.8 Å². The van der Waals surface area contributed by atoms with E-state index in [0.717, 1.165) is 0 Å². The quantitative estimate of drug-likeness (QED) is 0.766. The third-order valence-electron chi connectivity index (χ3n) is 1.80. The van der Waals surface area contributed by atoms with Gasteiger partial charge in [0.2, 0.25) is 10.0 Å². The Morgan fingerprint density at radius 2 is 2.24 bits per heavy atom. The Morgan fingerprint density at radius 1 is 1.53 bits per heavy atom. The molecule has 0 atom stereocenters. The van der Waals surface area contributed by atoms with E-state index in [9.17, 15) is 13.2 Å². The van der Waals surface area contributed by atoms with Gasteiger partial charge in [-0.2, -0.15) is 0 Å². The number of aromatic nitrogens is 1. The van der Waals surface area contributed by atoms with E-state index in [2.05, 4.69) is 9.71 Å². The molecule has 94 valence electrons. The number of carbonyl (C=O) groups is 1. The average Bonchev–Trinajstić information content (AvgIpc) is 2.15. The number of pyridine rings is 1. The lowest BCUT2D eigenvalue weighted by Crippen LogP contribution is -2.17. The van der Waals surface area contributed by atoms with Crippen LogP contribution in [0.25, 0.3) is 0 Å². The maximum absolute atomic E-state index is 11.5. The number of hydrogen-bond acceptors (Lipinski definition) is 4. The zero-order valence-corrected chi connectivity index (χ0v) is 10.3. The number of rotatable bonds is 6. The largest absolute Gasteiger partial charge is 0.481 e. The van der Waals surface area contributed by atoms with Crippen molar-refractivity contribution in [3.63, 3.8) is 0 Å². The fraction of sp³-hybridized carbons (Fsp3) is 0.333. The molecule has 0 saturated carbocycles. The molecule has 1 rings (SSSR count). The zero-order chi connectivity index (χ0) is 12.9. The van der Waals surface area contributed by atoms with Crippen LogP contribution in [0, 0.1) is 0 Å². The van der Waals surface area contributed by atoms with E-state index >= 15 is 0 Å². The lowest BCUT2D eigenvalue weighted by Gasteiger charge is -2.07. The van der Waals surface area contributed by atoms with Crippen molar-refractivity contribution in [3.8, 4) is 0 Å². The first-order chi connectivity index (χ1) is 7.89. The molecule has 0 aromatic carbocycles. The number of halogens is 1. The van der Waals surface area contributed by atoms with Gasteiger partial charge in [0.1, 0.15) is 5.15 Å². The van der Waals surface area contributed by atoms with Crippen molar-refractivity contribution in [3.05, 3.63) is 23.5 Å². The van der Waals surface area contributed by atoms with Gasteiger partial charge in [0.15, 0.2) is 0 Å². The van der Waals surface area contributed by atoms with E-state index in [4.69, 9.17) is 16.7 Å². The molecule has 0 amide bonds. The summed E-state index contributed by atoms with van der Waals surface area (Å²) in [7, 11) is -3.55. The highest BCUT2D eigenvalue weighted by atomic mass is 35.5. The monoisotopic (exact) mass is 278 g/mol. The van der Waals surface area contributed by atoms with Crippen LogP contribution in [0.3, 0.4) is 0 Å². The minimum absolute atomic E-state index is 0.0590. The van der Waals surface area contributed by atoms with E-state index in [1.807, 2.05) is 0 Å². The highest BCUT2D eigenvalue weighted by Gasteiger charge is 2.11. The molecule has 2 N–H and O–H groups in total. The SMILES string of the molecule is O=C(O)CCCS(=O)(=O)Nc1ccnc(Cl)c1. The molecule has 0 saturated heterocycles. The smallest absolute Gasteiger partial charge is 0.303 e. The molecule has 8 heteroatoms. The number of anilines is 1. The van der Waals surface area contributed by atoms with Crippen LogP contribution in [-0.4, -0.2) is 30.2 Å². The van der Waals surface area contributed by atoms with Gasteiger partial charge in [-0.3, -0.25) is 9.52 Å². The van der Waals surface area contributed by atoms with Gasteiger partial charge in [0.05, 0.1) is 11.4 Å². The summed E-state index contributed by atoms with van der Waals surface area (Å²) in [5.74, 6) is -1.27. The molecular formula is C9H11ClN2O4S. The predicted molar refractivity (Wildman–Crippen MR) is 63.5 cm³/mol. The standard InChI is InChI=1S/C9H11ClN2O4S/c10-8-6-7(3-4-11-8)12-17(15,16)5-1-2-9(13)14/h3-4,6H,1-2,5H2,(H,11,12)(H,13,14). The predicted octanol–water partition coefficient (Wildman–Crippen LogP) is 1.34. The van der Waals surface area contributed by atoms with E-state index < -0.39 is 16.0 Å². The van der Waals surface area contributed by atoms with E-state index in [-0.39, 0.29) is 23.7 Å². The normalized spacial score (nSPS) is 11.1. The maximum Gasteiger partial charge on any atom is 0.303 e. The summed E-state index contributed by atoms with van der Waals surface area (Å²) in [6, 6.07) is 2.83. The van der Waals surface area contributed by atoms with Gasteiger partial charge in [0, 0.05) is 12.6 Å². The Balaban J connectivity index is 2.57. The van der Waals surface area contributed by atoms with Crippen molar-refractivity contribution in [1.29, 1.82) is 0 Å². The fourth-order valence-electron chi connectivity index (χ4n) is 1.11. The van der Waals surface area contributed by atoms with Crippen molar-refractivity contribution < 1.29 is 18.3 Å². The molecule has 1 aromatic heterocycles. The van der Waals surface area contributed by atoms with Gasteiger partial charge in [-0.25, -0.2) is 13.4 Å². The van der Waals surface area contributed by atoms with E-state index in [0.29, 0.717) is 5.69 Å². The third kappa shape index (κ3) is 5.50. The summed E-state index contributed by atoms with van der Waals surface area (Å²) in [5.41, 5.74) is 0.306. The molecule has 1 aromatic rings. The first kappa shape index (κ1) is 13.7. The summed E-state index contributed by atoms with van der Waals surface area (Å²) in [6.45, 7) is 0. The molecule has 6 nitrogen and oxygen atoms in total. The molecule has 0 bridgehead atoms. The van der Waals surface area contributed by atoms with Gasteiger partial charge in [-0.15, -0.1) is 0 Å². The Kier molecular flexibility index (Phi) is 4.71. The lowest BCUT2D eigenvalue weighted by molar-refractivity contribution is -0.137. The molecule has 0 aliphatic carbocycles. The first-order valence-electron chi connectivity index (χ1n) is 4.73. The second-order valence-electron chi connectivity index (χ2n) is 3.29. The minimum Gasteiger partial charge on any atom is -0.481 e. The van der Waals surface area contributed by atoms with Crippen LogP contribution in [0.5, 0.6) is 0 Å². The third-order valence-corrected chi connectivity index (χ3v) is 3.38. The van der Waals surface area contributed by atoms with Crippen LogP contribution in [0.2, 0.25) is 5.15 Å². The fourth-order valence-corrected chi connectivity index (χ4v) is 2.40. The Bertz CT molecular complexity index is 503. The zero-order valence-electron chi connectivity index (χ0n) is 8.76. The van der Waals surface area contributed by atoms with Gasteiger partial charge < -0.3 is 5.11 Å². The molecule has 1 heterocycles. The van der Waals surface area contributed by atoms with Gasteiger partial charge in [-0.05, 0) is 18.6 Å². The number of carboxylic acids is 1. The number of nitrogens with one attached hydrogen (secondary N) is 1. The molecule has 17 heavy (non-hydrogen) atoms. The molecule has 0 fully saturated rings. The highest BCUT2D eigenvalue weighted by Crippen LogP contribution is 2.13. The highest BCUT2D eigenvalue weighted by molar-refractivity contribution is 7.92. The summed E-state index contributed by atoms with van der Waals surface area (Å²) in [4.78, 5) is 14.0. The number of hydrogen-bond donors (Lipinski definition) is 2. The van der Waals surface area contributed by atoms with Gasteiger partial charge in [0.25, 0.3) is 0 Å². The minimum atomic E-state index is -3.55. The molecule has 0 radical (unpaired) electrons. The van der Waals surface area contributed by atoms with Gasteiger partial charge >= 0.3 is 5.97 Å². The van der Waals surface area contributed by atoms with Crippen LogP contribution in [0.1, 0.15) is 12.8 Å². The second-order valence-corrected chi connectivity index (χ2v) is 5.51. The molecular weight excluding hydrogens is 268 g/mol. The summed E-state index contributed by atoms with van der Waals surface area (Å²) < 4.78 is 25.3. The number of aliphatic carboxylic acids is 1. The summed E-state index contributed by atoms with van der Waals surface area (Å²) in [6.07, 6.45) is 1.25. The number of nitrogens with zero attached hydrogens (tertiary/aromatic N) is 1. The van der Waals surface area contributed by atoms with Crippen LogP contribution >= 0.6 is 11.6 Å². The molecule has 0 spiro atoms. The Hall–Kier alpha value is -1.34. The van der Waals surface area contributed by atoms with Crippen LogP contribution < -0.4 is 4.72 Å². The Morgan fingerprint density at radius 3 is 2.82 bits per heavy atom. The molecule has 0 aliphatic heterocycles. The number of carboxylic acid groups (broad SMARTS) is 1. The number of sulfonamides is 1. The first-order valence-corrected chi connectivity index (χ1v) is 6.76. The molecule has 0 aliphatic rings. The van der Waals surface area contributed by atoms with E-state index in [1.54, 1.807) is 0 Å². The topological polar surface area (TPSA) is 96.4 Å². The van der Waals surface area contributed by atoms with Crippen molar-refractivity contribution in [1.82, 2.24) is 4.98 Å². The van der Waals surface area contributed by atoms with Crippen molar-refractivity contribution in [2.24, 2.45) is 0 Å². The summed E-state index contributed by atoms with van der Waals surface area (Å²) in [5, 5.41) is 8.57.